The van der Waals surface area contributed by atoms with E-state index < -0.39 is 9.85 Å². The Morgan fingerprint density at radius 2 is 1.39 bits per heavy atom. The summed E-state index contributed by atoms with van der Waals surface area (Å²) in [5.74, 6) is 0.635. The van der Waals surface area contributed by atoms with Gasteiger partial charge in [0.05, 0.1) is 47.4 Å². The number of benzene rings is 2. The van der Waals surface area contributed by atoms with Crippen LogP contribution in [-0.2, 0) is 6.61 Å². The number of nitro benzene ring substituents is 2. The highest BCUT2D eigenvalue weighted by atomic mass is 16.6. The average molecular weight is 392 g/mol. The van der Waals surface area contributed by atoms with Crippen LogP contribution in [-0.4, -0.2) is 35.5 Å². The molecule has 0 amide bonds. The molecule has 0 bridgehead atoms. The fourth-order valence-electron chi connectivity index (χ4n) is 2.61. The van der Waals surface area contributed by atoms with Gasteiger partial charge in [0.2, 0.25) is 0 Å². The van der Waals surface area contributed by atoms with Crippen molar-refractivity contribution in [3.05, 3.63) is 66.7 Å². The van der Waals surface area contributed by atoms with E-state index in [-0.39, 0.29) is 23.7 Å². The Balaban J connectivity index is 0.000000280. The molecule has 28 heavy (non-hydrogen) atoms. The van der Waals surface area contributed by atoms with E-state index in [0.717, 1.165) is 0 Å². The summed E-state index contributed by atoms with van der Waals surface area (Å²) in [5.41, 5.74) is 1.61. The third kappa shape index (κ3) is 4.80. The number of aldehydes is 1. The molecule has 0 saturated carbocycles. The molecule has 0 fully saturated rings. The number of carbonyl (C=O) groups is 1. The van der Waals surface area contributed by atoms with Gasteiger partial charge in [0.15, 0.2) is 6.29 Å². The second kappa shape index (κ2) is 9.97. The summed E-state index contributed by atoms with van der Waals surface area (Å²) in [4.78, 5) is 30.7. The van der Waals surface area contributed by atoms with Crippen molar-refractivity contribution in [1.29, 1.82) is 0 Å². The molecule has 2 aromatic rings. The van der Waals surface area contributed by atoms with E-state index in [4.69, 9.17) is 14.6 Å². The van der Waals surface area contributed by atoms with Gasteiger partial charge in [-0.1, -0.05) is 0 Å². The maximum absolute atomic E-state index is 10.6. The number of carbonyl (C=O) groups excluding carboxylic acids is 1. The van der Waals surface area contributed by atoms with Crippen LogP contribution >= 0.6 is 0 Å². The Morgan fingerprint density at radius 1 is 0.929 bits per heavy atom. The fraction of sp³-hybridized carbons (Fsp3) is 0.278. The molecule has 0 spiro atoms. The number of aliphatic hydroxyl groups excluding tert-OH is 1. The third-order valence-electron chi connectivity index (χ3n) is 3.97. The highest BCUT2D eigenvalue weighted by molar-refractivity contribution is 5.81. The Bertz CT molecular complexity index is 896. The van der Waals surface area contributed by atoms with E-state index in [9.17, 15) is 25.0 Å². The van der Waals surface area contributed by atoms with Gasteiger partial charge in [0.1, 0.15) is 11.5 Å². The highest BCUT2D eigenvalue weighted by Gasteiger charge is 2.18. The van der Waals surface area contributed by atoms with Crippen molar-refractivity contribution in [3.8, 4) is 11.5 Å². The van der Waals surface area contributed by atoms with Crippen LogP contribution < -0.4 is 9.47 Å². The van der Waals surface area contributed by atoms with Crippen molar-refractivity contribution in [2.75, 3.05) is 14.2 Å². The van der Waals surface area contributed by atoms with Crippen LogP contribution in [0.1, 0.15) is 27.0 Å². The SMILES string of the molecule is COc1c(C=O)ccc([N+](=O)[O-])c1C.COc1c(CO)ccc([N+](=O)[O-])c1C. The first-order valence-corrected chi connectivity index (χ1v) is 7.92. The Hall–Kier alpha value is -3.53. The minimum absolute atomic E-state index is 0.000880. The molecule has 10 nitrogen and oxygen atoms in total. The molecule has 1 N–H and O–H groups in total. The molecule has 2 rings (SSSR count). The van der Waals surface area contributed by atoms with Crippen LogP contribution in [0.2, 0.25) is 0 Å². The van der Waals surface area contributed by atoms with Crippen molar-refractivity contribution in [2.45, 2.75) is 20.5 Å². The molecule has 150 valence electrons. The lowest BCUT2D eigenvalue weighted by Gasteiger charge is -2.09. The molecule has 0 saturated heterocycles. The molecule has 0 unspecified atom stereocenters. The second-order valence-electron chi connectivity index (χ2n) is 5.52. The number of aliphatic hydroxyl groups is 1. The maximum atomic E-state index is 10.6. The van der Waals surface area contributed by atoms with E-state index in [1.165, 1.54) is 38.5 Å². The first-order chi connectivity index (χ1) is 13.2. The van der Waals surface area contributed by atoms with Crippen molar-refractivity contribution >= 4 is 17.7 Å². The van der Waals surface area contributed by atoms with Crippen molar-refractivity contribution in [2.24, 2.45) is 0 Å². The van der Waals surface area contributed by atoms with E-state index in [2.05, 4.69) is 0 Å². The summed E-state index contributed by atoms with van der Waals surface area (Å²) < 4.78 is 9.92. The molecule has 0 heterocycles. The summed E-state index contributed by atoms with van der Waals surface area (Å²) >= 11 is 0. The molecule has 0 aliphatic carbocycles. The van der Waals surface area contributed by atoms with Gasteiger partial charge in [0.25, 0.3) is 11.4 Å². The predicted molar refractivity (Wildman–Crippen MR) is 100 cm³/mol. The third-order valence-corrected chi connectivity index (χ3v) is 3.97. The van der Waals surface area contributed by atoms with Gasteiger partial charge in [-0.25, -0.2) is 0 Å². The summed E-state index contributed by atoms with van der Waals surface area (Å²) in [6.45, 7) is 2.95. The Kier molecular flexibility index (Phi) is 8.02. The fourth-order valence-corrected chi connectivity index (χ4v) is 2.61. The molecule has 0 radical (unpaired) electrons. The highest BCUT2D eigenvalue weighted by Crippen LogP contribution is 2.31. The standard InChI is InChI=1S/C9H11NO4.C9H9NO4/c2*1-6-8(10(12)13)4-3-7(5-11)9(6)14-2/h3-4,11H,5H2,1-2H3;3-5H,1-2H3. The molecular weight excluding hydrogens is 372 g/mol. The lowest BCUT2D eigenvalue weighted by Crippen LogP contribution is -1.99. The van der Waals surface area contributed by atoms with E-state index in [1.54, 1.807) is 13.8 Å². The number of hydrogen-bond donors (Lipinski definition) is 1. The van der Waals surface area contributed by atoms with Crippen LogP contribution in [0.4, 0.5) is 11.4 Å². The van der Waals surface area contributed by atoms with Gasteiger partial charge < -0.3 is 14.6 Å². The van der Waals surface area contributed by atoms with Gasteiger partial charge in [-0.05, 0) is 26.0 Å². The molecule has 0 atom stereocenters. The van der Waals surface area contributed by atoms with E-state index in [1.807, 2.05) is 0 Å². The topological polar surface area (TPSA) is 142 Å². The number of nitro groups is 2. The zero-order chi connectivity index (χ0) is 21.4. The number of ether oxygens (including phenoxy) is 2. The zero-order valence-electron chi connectivity index (χ0n) is 15.8. The first kappa shape index (κ1) is 22.5. The van der Waals surface area contributed by atoms with Crippen molar-refractivity contribution in [1.82, 2.24) is 0 Å². The molecule has 0 aliphatic rings. The lowest BCUT2D eigenvalue weighted by molar-refractivity contribution is -0.385. The molecule has 2 aromatic carbocycles. The zero-order valence-corrected chi connectivity index (χ0v) is 15.8. The summed E-state index contributed by atoms with van der Waals surface area (Å²) in [5, 5.41) is 30.1. The van der Waals surface area contributed by atoms with Crippen molar-refractivity contribution < 1.29 is 29.2 Å². The van der Waals surface area contributed by atoms with Gasteiger partial charge in [-0.2, -0.15) is 0 Å². The number of rotatable bonds is 6. The number of hydrogen-bond acceptors (Lipinski definition) is 8. The smallest absolute Gasteiger partial charge is 0.276 e. The normalized spacial score (nSPS) is 9.75. The minimum Gasteiger partial charge on any atom is -0.496 e. The van der Waals surface area contributed by atoms with Crippen LogP contribution in [0.5, 0.6) is 11.5 Å². The monoisotopic (exact) mass is 392 g/mol. The van der Waals surface area contributed by atoms with Crippen LogP contribution in [0.15, 0.2) is 24.3 Å². The molecule has 0 aliphatic heterocycles. The summed E-state index contributed by atoms with van der Waals surface area (Å²) in [6.07, 6.45) is 0.607. The first-order valence-electron chi connectivity index (χ1n) is 7.92. The number of methoxy groups -OCH3 is 2. The van der Waals surface area contributed by atoms with Crippen LogP contribution in [0.3, 0.4) is 0 Å². The Morgan fingerprint density at radius 3 is 1.79 bits per heavy atom. The minimum atomic E-state index is -0.508. The molecule has 10 heteroatoms. The van der Waals surface area contributed by atoms with E-state index >= 15 is 0 Å². The summed E-state index contributed by atoms with van der Waals surface area (Å²) in [7, 11) is 2.80. The van der Waals surface area contributed by atoms with Crippen LogP contribution in [0, 0.1) is 34.1 Å². The molecule has 0 aromatic heterocycles. The second-order valence-corrected chi connectivity index (χ2v) is 5.52. The predicted octanol–water partition coefficient (Wildman–Crippen LogP) is 3.13. The quantitative estimate of drug-likeness (QED) is 0.449. The van der Waals surface area contributed by atoms with Crippen molar-refractivity contribution in [3.63, 3.8) is 0 Å². The molecular formula is C18H20N2O8. The average Bonchev–Trinajstić information content (AvgIpc) is 2.67. The summed E-state index contributed by atoms with van der Waals surface area (Å²) in [6, 6.07) is 5.52. The van der Waals surface area contributed by atoms with Gasteiger partial charge in [0, 0.05) is 17.7 Å². The Labute approximate surface area is 160 Å². The largest absolute Gasteiger partial charge is 0.496 e. The van der Waals surface area contributed by atoms with Gasteiger partial charge in [-0.15, -0.1) is 0 Å². The lowest BCUT2D eigenvalue weighted by atomic mass is 10.1. The van der Waals surface area contributed by atoms with Crippen LogP contribution in [0.25, 0.3) is 0 Å². The van der Waals surface area contributed by atoms with Gasteiger partial charge >= 0.3 is 0 Å². The number of nitrogens with zero attached hydrogens (tertiary/aromatic N) is 2. The maximum Gasteiger partial charge on any atom is 0.276 e. The van der Waals surface area contributed by atoms with Gasteiger partial charge in [-0.3, -0.25) is 25.0 Å². The van der Waals surface area contributed by atoms with E-state index in [0.29, 0.717) is 34.3 Å².